The molecule has 0 unspecified atom stereocenters. The third kappa shape index (κ3) is 2.16. The van der Waals surface area contributed by atoms with Crippen LogP contribution in [-0.2, 0) is 4.79 Å². The van der Waals surface area contributed by atoms with E-state index in [-0.39, 0.29) is 5.41 Å². The van der Waals surface area contributed by atoms with Crippen LogP contribution in [0.25, 0.3) is 0 Å². The topological polar surface area (TPSA) is 37.3 Å². The number of Topliss-reactive ketones (excluding diaryl/α,β-unsaturated/α-hetero) is 1. The summed E-state index contributed by atoms with van der Waals surface area (Å²) < 4.78 is 0. The predicted octanol–water partition coefficient (Wildman–Crippen LogP) is 3.88. The molecule has 112 valence electrons. The van der Waals surface area contributed by atoms with Crippen molar-refractivity contribution in [2.24, 2.45) is 23.2 Å². The van der Waals surface area contributed by atoms with Gasteiger partial charge in [0.15, 0.2) is 0 Å². The maximum absolute atomic E-state index is 11.7. The van der Waals surface area contributed by atoms with E-state index in [1.54, 1.807) is 5.57 Å². The van der Waals surface area contributed by atoms with Gasteiger partial charge in [0, 0.05) is 19.4 Å². The van der Waals surface area contributed by atoms with Crippen molar-refractivity contribution < 1.29 is 9.90 Å². The maximum atomic E-state index is 11.7. The van der Waals surface area contributed by atoms with Gasteiger partial charge in [-0.2, -0.15) is 0 Å². The second-order valence-corrected chi connectivity index (χ2v) is 7.52. The van der Waals surface area contributed by atoms with Gasteiger partial charge in [-0.1, -0.05) is 31.4 Å². The molecule has 1 fully saturated rings. The predicted molar refractivity (Wildman–Crippen MR) is 80.3 cm³/mol. The highest BCUT2D eigenvalue weighted by molar-refractivity contribution is 5.82. The number of allylic oxidation sites excluding steroid dienone is 2. The molecule has 0 saturated heterocycles. The quantitative estimate of drug-likeness (QED) is 0.777. The van der Waals surface area contributed by atoms with Gasteiger partial charge in [0.1, 0.15) is 5.78 Å². The van der Waals surface area contributed by atoms with Crippen LogP contribution in [0.15, 0.2) is 11.1 Å². The number of aliphatic hydroxyl groups excluding tert-OH is 1. The molecule has 1 N–H and O–H groups in total. The highest BCUT2D eigenvalue weighted by Crippen LogP contribution is 2.56. The van der Waals surface area contributed by atoms with E-state index in [4.69, 9.17) is 0 Å². The van der Waals surface area contributed by atoms with Crippen LogP contribution in [0.3, 0.4) is 0 Å². The van der Waals surface area contributed by atoms with Gasteiger partial charge >= 0.3 is 0 Å². The summed E-state index contributed by atoms with van der Waals surface area (Å²) >= 11 is 0. The Morgan fingerprint density at radius 2 is 2.05 bits per heavy atom. The lowest BCUT2D eigenvalue weighted by atomic mass is 9.53. The van der Waals surface area contributed by atoms with Gasteiger partial charge in [0.25, 0.3) is 0 Å². The van der Waals surface area contributed by atoms with Gasteiger partial charge in [-0.3, -0.25) is 4.79 Å². The van der Waals surface area contributed by atoms with Crippen molar-refractivity contribution in [1.82, 2.24) is 0 Å². The fraction of sp³-hybridized carbons (Fsp3) is 0.833. The Morgan fingerprint density at radius 1 is 1.25 bits per heavy atom. The lowest BCUT2D eigenvalue weighted by molar-refractivity contribution is -0.119. The highest BCUT2D eigenvalue weighted by atomic mass is 16.3. The van der Waals surface area contributed by atoms with E-state index < -0.39 is 0 Å². The Morgan fingerprint density at radius 3 is 2.75 bits per heavy atom. The number of hydrogen-bond acceptors (Lipinski definition) is 2. The molecule has 0 bridgehead atoms. The molecule has 2 nitrogen and oxygen atoms in total. The highest BCUT2D eigenvalue weighted by Gasteiger charge is 2.47. The number of carbonyl (C=O) groups is 1. The van der Waals surface area contributed by atoms with Gasteiger partial charge in [0.2, 0.25) is 0 Å². The molecule has 3 rings (SSSR count). The van der Waals surface area contributed by atoms with E-state index in [2.05, 4.69) is 13.8 Å². The Bertz CT molecular complexity index is 437. The van der Waals surface area contributed by atoms with Crippen molar-refractivity contribution in [2.45, 2.75) is 65.2 Å². The average molecular weight is 276 g/mol. The molecule has 4 atom stereocenters. The summed E-state index contributed by atoms with van der Waals surface area (Å²) in [6.45, 7) is 4.90. The third-order valence-electron chi connectivity index (χ3n) is 6.52. The molecule has 3 aliphatic carbocycles. The molecule has 0 aliphatic heterocycles. The number of fused-ring (bicyclic) bond motifs is 2. The lowest BCUT2D eigenvalue weighted by Crippen LogP contribution is -2.45. The van der Waals surface area contributed by atoms with Crippen molar-refractivity contribution in [2.75, 3.05) is 6.61 Å². The van der Waals surface area contributed by atoms with Crippen molar-refractivity contribution in [3.05, 3.63) is 11.1 Å². The zero-order chi connectivity index (χ0) is 14.3. The summed E-state index contributed by atoms with van der Waals surface area (Å²) in [7, 11) is 0. The Kier molecular flexibility index (Phi) is 3.79. The van der Waals surface area contributed by atoms with Crippen LogP contribution >= 0.6 is 0 Å². The number of hydrogen-bond donors (Lipinski definition) is 1. The second kappa shape index (κ2) is 5.29. The fourth-order valence-electron chi connectivity index (χ4n) is 5.44. The zero-order valence-corrected chi connectivity index (χ0v) is 13.0. The second-order valence-electron chi connectivity index (χ2n) is 7.52. The monoisotopic (exact) mass is 276 g/mol. The van der Waals surface area contributed by atoms with Gasteiger partial charge in [-0.25, -0.2) is 0 Å². The zero-order valence-electron chi connectivity index (χ0n) is 13.0. The van der Waals surface area contributed by atoms with Gasteiger partial charge in [-0.15, -0.1) is 0 Å². The normalized spacial score (nSPS) is 41.4. The molecule has 1 saturated carbocycles. The Hall–Kier alpha value is -0.630. The largest absolute Gasteiger partial charge is 0.396 e. The molecular formula is C18H28O2. The molecule has 0 radical (unpaired) electrons. The molecule has 2 heteroatoms. The summed E-state index contributed by atoms with van der Waals surface area (Å²) in [5.74, 6) is 2.57. The standard InChI is InChI=1S/C18H28O2/c1-3-17-16-6-4-12-10-13(20)5-7-14(12)15(16)8-9-18(17,2)11-19/h15-17,19H,3-11H2,1-2H3/t15-,16-,17+,18-/m1/s1. The summed E-state index contributed by atoms with van der Waals surface area (Å²) in [6, 6.07) is 0. The van der Waals surface area contributed by atoms with Crippen LogP contribution in [-0.4, -0.2) is 17.5 Å². The minimum atomic E-state index is 0.123. The molecular weight excluding hydrogens is 248 g/mol. The van der Waals surface area contributed by atoms with Gasteiger partial charge in [0.05, 0.1) is 0 Å². The molecule has 0 aromatic rings. The van der Waals surface area contributed by atoms with Gasteiger partial charge in [-0.05, 0) is 55.3 Å². The van der Waals surface area contributed by atoms with Gasteiger partial charge < -0.3 is 5.11 Å². The molecule has 0 spiro atoms. The molecule has 3 aliphatic rings. The fourth-order valence-corrected chi connectivity index (χ4v) is 5.44. The van der Waals surface area contributed by atoms with Crippen molar-refractivity contribution >= 4 is 5.78 Å². The number of aliphatic hydroxyl groups is 1. The van der Waals surface area contributed by atoms with Crippen molar-refractivity contribution in [1.29, 1.82) is 0 Å². The number of ketones is 1. The third-order valence-corrected chi connectivity index (χ3v) is 6.52. The molecule has 20 heavy (non-hydrogen) atoms. The first kappa shape index (κ1) is 14.3. The Labute approximate surface area is 122 Å². The van der Waals surface area contributed by atoms with Crippen LogP contribution in [0.5, 0.6) is 0 Å². The van der Waals surface area contributed by atoms with Crippen LogP contribution in [0.1, 0.15) is 65.2 Å². The van der Waals surface area contributed by atoms with Crippen molar-refractivity contribution in [3.8, 4) is 0 Å². The summed E-state index contributed by atoms with van der Waals surface area (Å²) in [4.78, 5) is 11.7. The molecule has 0 heterocycles. The van der Waals surface area contributed by atoms with Crippen LogP contribution < -0.4 is 0 Å². The van der Waals surface area contributed by atoms with Crippen LogP contribution in [0.4, 0.5) is 0 Å². The number of rotatable bonds is 2. The van der Waals surface area contributed by atoms with E-state index in [1.165, 1.54) is 24.8 Å². The maximum Gasteiger partial charge on any atom is 0.137 e. The average Bonchev–Trinajstić information content (AvgIpc) is 2.46. The lowest BCUT2D eigenvalue weighted by Gasteiger charge is -2.52. The first-order valence-electron chi connectivity index (χ1n) is 8.42. The molecule has 0 amide bonds. The first-order chi connectivity index (χ1) is 9.59. The van der Waals surface area contributed by atoms with E-state index >= 15 is 0 Å². The SMILES string of the molecule is CC[C@H]1[C@@H]2CCC3=C(CCC(=O)C3)[C@H]2CC[C@]1(C)CO. The van der Waals surface area contributed by atoms with E-state index in [0.29, 0.717) is 18.3 Å². The number of carbonyl (C=O) groups excluding carboxylic acids is 1. The van der Waals surface area contributed by atoms with E-state index in [0.717, 1.165) is 43.9 Å². The van der Waals surface area contributed by atoms with Crippen LogP contribution in [0.2, 0.25) is 0 Å². The smallest absolute Gasteiger partial charge is 0.137 e. The van der Waals surface area contributed by atoms with Crippen molar-refractivity contribution in [3.63, 3.8) is 0 Å². The summed E-state index contributed by atoms with van der Waals surface area (Å²) in [5.41, 5.74) is 3.27. The Balaban J connectivity index is 1.89. The first-order valence-corrected chi connectivity index (χ1v) is 8.42. The van der Waals surface area contributed by atoms with E-state index in [1.807, 2.05) is 0 Å². The summed E-state index contributed by atoms with van der Waals surface area (Å²) in [6.07, 6.45) is 8.48. The minimum absolute atomic E-state index is 0.123. The van der Waals surface area contributed by atoms with E-state index in [9.17, 15) is 9.90 Å². The molecule has 0 aromatic carbocycles. The minimum Gasteiger partial charge on any atom is -0.396 e. The summed E-state index contributed by atoms with van der Waals surface area (Å²) in [5, 5.41) is 9.85. The van der Waals surface area contributed by atoms with Crippen LogP contribution in [0, 0.1) is 23.2 Å². The molecule has 0 aromatic heterocycles.